The Hall–Kier alpha value is -2.14. The Morgan fingerprint density at radius 2 is 2.08 bits per heavy atom. The van der Waals surface area contributed by atoms with E-state index in [-0.39, 0.29) is 5.91 Å². The van der Waals surface area contributed by atoms with E-state index in [1.165, 1.54) is 0 Å². The number of halogens is 1. The third-order valence-corrected chi connectivity index (χ3v) is 3.81. The number of nitrogens with zero attached hydrogens (tertiary/aromatic N) is 1. The molecule has 0 atom stereocenters. The van der Waals surface area contributed by atoms with Crippen molar-refractivity contribution in [2.45, 2.75) is 20.8 Å². The van der Waals surface area contributed by atoms with Crippen LogP contribution in [-0.2, 0) is 0 Å². The van der Waals surface area contributed by atoms with Crippen LogP contribution in [0.2, 0.25) is 0 Å². The van der Waals surface area contributed by atoms with Crippen molar-refractivity contribution in [1.29, 1.82) is 0 Å². The van der Waals surface area contributed by atoms with Gasteiger partial charge in [0.05, 0.1) is 17.3 Å². The molecule has 1 amide bonds. The number of carbonyl (C=O) groups excluding carboxylic acids is 1. The topological polar surface area (TPSA) is 50.7 Å². The van der Waals surface area contributed by atoms with E-state index >= 15 is 0 Å². The Balaban J connectivity index is 1.96. The zero-order valence-corrected chi connectivity index (χ0v) is 15.6. The van der Waals surface area contributed by atoms with Crippen LogP contribution < -0.4 is 10.2 Å². The summed E-state index contributed by atoms with van der Waals surface area (Å²) in [6.07, 6.45) is 1.60. The van der Waals surface area contributed by atoms with E-state index in [1.54, 1.807) is 12.3 Å². The van der Waals surface area contributed by atoms with Crippen molar-refractivity contribution in [3.05, 3.63) is 63.6 Å². The first-order valence-corrected chi connectivity index (χ1v) is 8.57. The third kappa shape index (κ3) is 5.49. The maximum Gasteiger partial charge on any atom is 0.271 e. The SMILES string of the molecule is Cc1cccc(C(=O)N/N=C\c2ccc(OCC(C)C)c(Br)c2)c1. The van der Waals surface area contributed by atoms with Gasteiger partial charge in [-0.2, -0.15) is 5.10 Å². The van der Waals surface area contributed by atoms with Gasteiger partial charge in [0, 0.05) is 5.56 Å². The molecule has 1 N–H and O–H groups in total. The molecular formula is C19H21BrN2O2. The number of rotatable bonds is 6. The average molecular weight is 389 g/mol. The molecular weight excluding hydrogens is 368 g/mol. The van der Waals surface area contributed by atoms with Crippen molar-refractivity contribution in [1.82, 2.24) is 5.43 Å². The highest BCUT2D eigenvalue weighted by Crippen LogP contribution is 2.25. The molecule has 0 aromatic heterocycles. The Bertz CT molecular complexity index is 742. The number of nitrogens with one attached hydrogen (secondary N) is 1. The van der Waals surface area contributed by atoms with Crippen LogP contribution in [0.4, 0.5) is 0 Å². The lowest BCUT2D eigenvalue weighted by Crippen LogP contribution is -2.17. The Morgan fingerprint density at radius 3 is 2.75 bits per heavy atom. The molecule has 24 heavy (non-hydrogen) atoms. The summed E-state index contributed by atoms with van der Waals surface area (Å²) in [5.74, 6) is 1.03. The smallest absolute Gasteiger partial charge is 0.271 e. The zero-order valence-electron chi connectivity index (χ0n) is 14.0. The lowest BCUT2D eigenvalue weighted by Gasteiger charge is -2.10. The third-order valence-electron chi connectivity index (χ3n) is 3.19. The van der Waals surface area contributed by atoms with Crippen molar-refractivity contribution in [2.24, 2.45) is 11.0 Å². The van der Waals surface area contributed by atoms with Gasteiger partial charge < -0.3 is 4.74 Å². The fraction of sp³-hybridized carbons (Fsp3) is 0.263. The summed E-state index contributed by atoms with van der Waals surface area (Å²) in [5.41, 5.74) is 5.02. The van der Waals surface area contributed by atoms with Crippen LogP contribution in [0, 0.1) is 12.8 Å². The molecule has 0 heterocycles. The zero-order chi connectivity index (χ0) is 17.5. The number of hydrazone groups is 1. The van der Waals surface area contributed by atoms with E-state index in [1.807, 2.05) is 43.3 Å². The number of aryl methyl sites for hydroxylation is 1. The highest BCUT2D eigenvalue weighted by atomic mass is 79.9. The fourth-order valence-electron chi connectivity index (χ4n) is 1.99. The van der Waals surface area contributed by atoms with Gasteiger partial charge in [-0.15, -0.1) is 0 Å². The maximum atomic E-state index is 12.0. The lowest BCUT2D eigenvalue weighted by molar-refractivity contribution is 0.0955. The van der Waals surface area contributed by atoms with Gasteiger partial charge in [0.1, 0.15) is 5.75 Å². The number of ether oxygens (including phenoxy) is 1. The van der Waals surface area contributed by atoms with Gasteiger partial charge in [-0.25, -0.2) is 5.43 Å². The van der Waals surface area contributed by atoms with Crippen LogP contribution in [0.15, 0.2) is 52.0 Å². The molecule has 4 nitrogen and oxygen atoms in total. The first-order chi connectivity index (χ1) is 11.5. The van der Waals surface area contributed by atoms with Gasteiger partial charge in [0.25, 0.3) is 5.91 Å². The molecule has 2 aromatic rings. The molecule has 0 saturated heterocycles. The second kappa shape index (κ2) is 8.64. The molecule has 0 bridgehead atoms. The molecule has 0 unspecified atom stereocenters. The van der Waals surface area contributed by atoms with Crippen LogP contribution in [0.25, 0.3) is 0 Å². The largest absolute Gasteiger partial charge is 0.492 e. The second-order valence-corrected chi connectivity index (χ2v) is 6.82. The second-order valence-electron chi connectivity index (χ2n) is 5.96. The van der Waals surface area contributed by atoms with E-state index in [0.29, 0.717) is 18.1 Å². The quantitative estimate of drug-likeness (QED) is 0.582. The summed E-state index contributed by atoms with van der Waals surface area (Å²) in [4.78, 5) is 12.0. The predicted molar refractivity (Wildman–Crippen MR) is 101 cm³/mol. The summed E-state index contributed by atoms with van der Waals surface area (Å²) >= 11 is 3.49. The first kappa shape index (κ1) is 18.2. The van der Waals surface area contributed by atoms with E-state index in [2.05, 4.69) is 40.3 Å². The van der Waals surface area contributed by atoms with E-state index in [9.17, 15) is 4.79 Å². The van der Waals surface area contributed by atoms with Gasteiger partial charge in [-0.3, -0.25) is 4.79 Å². The molecule has 0 aliphatic carbocycles. The Morgan fingerprint density at radius 1 is 1.29 bits per heavy atom. The van der Waals surface area contributed by atoms with Crippen molar-refractivity contribution >= 4 is 28.1 Å². The molecule has 0 fully saturated rings. The molecule has 2 aromatic carbocycles. The molecule has 0 aliphatic heterocycles. The summed E-state index contributed by atoms with van der Waals surface area (Å²) in [6, 6.07) is 13.1. The molecule has 126 valence electrons. The van der Waals surface area contributed by atoms with Gasteiger partial charge in [0.15, 0.2) is 0 Å². The molecule has 0 aliphatic rings. The molecule has 0 saturated carbocycles. The Labute approximate surface area is 151 Å². The fourth-order valence-corrected chi connectivity index (χ4v) is 2.50. The summed E-state index contributed by atoms with van der Waals surface area (Å²) in [7, 11) is 0. The van der Waals surface area contributed by atoms with Crippen LogP contribution >= 0.6 is 15.9 Å². The molecule has 5 heteroatoms. The number of hydrogen-bond acceptors (Lipinski definition) is 3. The number of carbonyl (C=O) groups is 1. The highest BCUT2D eigenvalue weighted by molar-refractivity contribution is 9.10. The van der Waals surface area contributed by atoms with Gasteiger partial charge in [0.2, 0.25) is 0 Å². The van der Waals surface area contributed by atoms with Gasteiger partial charge in [-0.1, -0.05) is 31.5 Å². The van der Waals surface area contributed by atoms with E-state index in [4.69, 9.17) is 4.74 Å². The lowest BCUT2D eigenvalue weighted by atomic mass is 10.1. The van der Waals surface area contributed by atoms with Crippen LogP contribution in [-0.4, -0.2) is 18.7 Å². The number of hydrogen-bond donors (Lipinski definition) is 1. The summed E-state index contributed by atoms with van der Waals surface area (Å²) in [6.45, 7) is 6.82. The van der Waals surface area contributed by atoms with Crippen molar-refractivity contribution in [3.8, 4) is 5.75 Å². The monoisotopic (exact) mass is 388 g/mol. The van der Waals surface area contributed by atoms with E-state index < -0.39 is 0 Å². The number of amides is 1. The minimum absolute atomic E-state index is 0.231. The number of benzene rings is 2. The first-order valence-electron chi connectivity index (χ1n) is 7.78. The minimum atomic E-state index is -0.231. The van der Waals surface area contributed by atoms with Crippen LogP contribution in [0.1, 0.15) is 35.3 Å². The highest BCUT2D eigenvalue weighted by Gasteiger charge is 2.05. The van der Waals surface area contributed by atoms with Crippen LogP contribution in [0.3, 0.4) is 0 Å². The molecule has 0 spiro atoms. The summed E-state index contributed by atoms with van der Waals surface area (Å²) < 4.78 is 6.56. The molecule has 2 rings (SSSR count). The van der Waals surface area contributed by atoms with Crippen molar-refractivity contribution < 1.29 is 9.53 Å². The van der Waals surface area contributed by atoms with Crippen LogP contribution in [0.5, 0.6) is 5.75 Å². The average Bonchev–Trinajstić information content (AvgIpc) is 2.53. The van der Waals surface area contributed by atoms with Gasteiger partial charge in [-0.05, 0) is 64.7 Å². The Kier molecular flexibility index (Phi) is 6.55. The summed E-state index contributed by atoms with van der Waals surface area (Å²) in [5, 5.41) is 4.01. The maximum absolute atomic E-state index is 12.0. The molecule has 0 radical (unpaired) electrons. The standard InChI is InChI=1S/C19H21BrN2O2/c1-13(2)12-24-18-8-7-15(10-17(18)20)11-21-22-19(23)16-6-4-5-14(3)9-16/h4-11,13H,12H2,1-3H3,(H,22,23)/b21-11-. The van der Waals surface area contributed by atoms with E-state index in [0.717, 1.165) is 21.3 Å². The van der Waals surface area contributed by atoms with Gasteiger partial charge >= 0.3 is 0 Å². The van der Waals surface area contributed by atoms with Crippen molar-refractivity contribution in [2.75, 3.05) is 6.61 Å². The normalized spacial score (nSPS) is 11.0. The minimum Gasteiger partial charge on any atom is -0.492 e. The predicted octanol–water partition coefficient (Wildman–Crippen LogP) is 4.56. The van der Waals surface area contributed by atoms with Crippen molar-refractivity contribution in [3.63, 3.8) is 0 Å².